The van der Waals surface area contributed by atoms with Gasteiger partial charge >= 0.3 is 0 Å². The van der Waals surface area contributed by atoms with Gasteiger partial charge in [0.05, 0.1) is 5.60 Å². The van der Waals surface area contributed by atoms with E-state index in [4.69, 9.17) is 4.74 Å². The van der Waals surface area contributed by atoms with E-state index in [0.717, 1.165) is 25.0 Å². The summed E-state index contributed by atoms with van der Waals surface area (Å²) in [6.07, 6.45) is 3.79. The Morgan fingerprint density at radius 1 is 1.40 bits per heavy atom. The highest BCUT2D eigenvalue weighted by Gasteiger charge is 2.42. The van der Waals surface area contributed by atoms with Gasteiger partial charge in [0, 0.05) is 24.2 Å². The normalized spacial score (nSPS) is 32.1. The fourth-order valence-corrected chi connectivity index (χ4v) is 5.96. The summed E-state index contributed by atoms with van der Waals surface area (Å²) in [5.74, 6) is 6.67. The van der Waals surface area contributed by atoms with Crippen LogP contribution in [0.25, 0.3) is 0 Å². The molecule has 0 radical (unpaired) electrons. The minimum Gasteiger partial charge on any atom is -0.374 e. The molecule has 3 unspecified atom stereocenters. The highest BCUT2D eigenvalue weighted by atomic mass is 32.2. The Labute approximate surface area is 133 Å². The molecule has 2 aliphatic heterocycles. The highest BCUT2D eigenvalue weighted by Crippen LogP contribution is 2.41. The van der Waals surface area contributed by atoms with Gasteiger partial charge in [0.1, 0.15) is 0 Å². The van der Waals surface area contributed by atoms with Crippen molar-refractivity contribution in [3.63, 3.8) is 0 Å². The zero-order valence-electron chi connectivity index (χ0n) is 13.3. The molecule has 2 heterocycles. The van der Waals surface area contributed by atoms with Gasteiger partial charge in [-0.2, -0.15) is 23.5 Å². The van der Waals surface area contributed by atoms with Crippen LogP contribution in [-0.4, -0.2) is 47.8 Å². The van der Waals surface area contributed by atoms with Crippen molar-refractivity contribution >= 4 is 23.5 Å². The first-order valence-electron chi connectivity index (χ1n) is 8.18. The Morgan fingerprint density at radius 3 is 2.90 bits per heavy atom. The fraction of sp³-hybridized carbons (Fsp3) is 1.00. The molecule has 2 rings (SSSR count). The summed E-state index contributed by atoms with van der Waals surface area (Å²) < 4.78 is 6.17. The molecule has 1 spiro atoms. The third kappa shape index (κ3) is 4.82. The molecule has 0 aromatic rings. The van der Waals surface area contributed by atoms with E-state index in [1.54, 1.807) is 0 Å². The second-order valence-electron chi connectivity index (χ2n) is 6.68. The van der Waals surface area contributed by atoms with Gasteiger partial charge in [-0.05, 0) is 49.1 Å². The number of nitrogens with one attached hydrogen (secondary N) is 1. The van der Waals surface area contributed by atoms with E-state index in [-0.39, 0.29) is 5.60 Å². The molecule has 1 N–H and O–H groups in total. The van der Waals surface area contributed by atoms with E-state index < -0.39 is 0 Å². The summed E-state index contributed by atoms with van der Waals surface area (Å²) in [5, 5.41) is 3.75. The molecule has 0 aromatic carbocycles. The first kappa shape index (κ1) is 17.0. The van der Waals surface area contributed by atoms with Crippen LogP contribution in [0.2, 0.25) is 0 Å². The summed E-state index contributed by atoms with van der Waals surface area (Å²) in [6, 6.07) is 0.676. The van der Waals surface area contributed by atoms with Crippen LogP contribution in [0.5, 0.6) is 0 Å². The fourth-order valence-electron chi connectivity index (χ4n) is 3.33. The average Bonchev–Trinajstić information content (AvgIpc) is 2.85. The molecule has 2 fully saturated rings. The van der Waals surface area contributed by atoms with Gasteiger partial charge in [-0.25, -0.2) is 0 Å². The predicted octanol–water partition coefficient (Wildman–Crippen LogP) is 3.66. The predicted molar refractivity (Wildman–Crippen MR) is 93.0 cm³/mol. The smallest absolute Gasteiger partial charge is 0.0783 e. The maximum atomic E-state index is 6.17. The maximum Gasteiger partial charge on any atom is 0.0783 e. The topological polar surface area (TPSA) is 21.3 Å². The standard InChI is InChI=1S/C16H31NOS2/c1-4-17-15(11-20-10-13(2)3)14-5-7-18-16(9-14)6-8-19-12-16/h13-15,17H,4-12H2,1-3H3. The Balaban J connectivity index is 1.86. The van der Waals surface area contributed by atoms with Crippen molar-refractivity contribution in [2.24, 2.45) is 11.8 Å². The Kier molecular flexibility index (Phi) is 7.05. The Hall–Kier alpha value is 0.620. The van der Waals surface area contributed by atoms with E-state index in [9.17, 15) is 0 Å². The first-order chi connectivity index (χ1) is 9.65. The van der Waals surface area contributed by atoms with Gasteiger partial charge < -0.3 is 10.1 Å². The second-order valence-corrected chi connectivity index (χ2v) is 8.86. The minimum absolute atomic E-state index is 0.226. The van der Waals surface area contributed by atoms with Crippen LogP contribution < -0.4 is 5.32 Å². The third-order valence-electron chi connectivity index (χ3n) is 4.38. The van der Waals surface area contributed by atoms with Crippen LogP contribution in [0.1, 0.15) is 40.0 Å². The van der Waals surface area contributed by atoms with Crippen LogP contribution in [-0.2, 0) is 4.74 Å². The molecule has 20 heavy (non-hydrogen) atoms. The quantitative estimate of drug-likeness (QED) is 0.773. The third-order valence-corrected chi connectivity index (χ3v) is 7.10. The molecule has 118 valence electrons. The van der Waals surface area contributed by atoms with Gasteiger partial charge in [0.25, 0.3) is 0 Å². The van der Waals surface area contributed by atoms with Crippen LogP contribution >= 0.6 is 23.5 Å². The molecule has 4 heteroatoms. The lowest BCUT2D eigenvalue weighted by Gasteiger charge is -2.41. The summed E-state index contributed by atoms with van der Waals surface area (Å²) in [5.41, 5.74) is 0.226. The summed E-state index contributed by atoms with van der Waals surface area (Å²) >= 11 is 4.20. The van der Waals surface area contributed by atoms with E-state index in [0.29, 0.717) is 6.04 Å². The second kappa shape index (κ2) is 8.30. The van der Waals surface area contributed by atoms with Gasteiger partial charge in [0.2, 0.25) is 0 Å². The van der Waals surface area contributed by atoms with Gasteiger partial charge in [-0.3, -0.25) is 0 Å². The van der Waals surface area contributed by atoms with Gasteiger partial charge in [0.15, 0.2) is 0 Å². The van der Waals surface area contributed by atoms with Crippen molar-refractivity contribution in [2.75, 3.05) is 36.2 Å². The Morgan fingerprint density at radius 2 is 2.25 bits per heavy atom. The minimum atomic E-state index is 0.226. The molecule has 0 amide bonds. The lowest BCUT2D eigenvalue weighted by atomic mass is 9.81. The van der Waals surface area contributed by atoms with E-state index in [1.807, 2.05) is 0 Å². The lowest BCUT2D eigenvalue weighted by Crippen LogP contribution is -2.48. The summed E-state index contributed by atoms with van der Waals surface area (Å²) in [4.78, 5) is 0. The number of ether oxygens (including phenoxy) is 1. The SMILES string of the molecule is CCNC(CSCC(C)C)C1CCOC2(CCSC2)C1. The maximum absolute atomic E-state index is 6.17. The molecular weight excluding hydrogens is 286 g/mol. The monoisotopic (exact) mass is 317 g/mol. The summed E-state index contributed by atoms with van der Waals surface area (Å²) in [6.45, 7) is 8.93. The van der Waals surface area contributed by atoms with Crippen molar-refractivity contribution in [3.05, 3.63) is 0 Å². The summed E-state index contributed by atoms with van der Waals surface area (Å²) in [7, 11) is 0. The molecule has 2 nitrogen and oxygen atoms in total. The zero-order valence-corrected chi connectivity index (χ0v) is 15.0. The average molecular weight is 318 g/mol. The van der Waals surface area contributed by atoms with Crippen molar-refractivity contribution in [3.8, 4) is 0 Å². The van der Waals surface area contributed by atoms with E-state index in [2.05, 4.69) is 49.6 Å². The molecule has 0 aliphatic carbocycles. The number of hydrogen-bond acceptors (Lipinski definition) is 4. The highest BCUT2D eigenvalue weighted by molar-refractivity contribution is 7.99. The van der Waals surface area contributed by atoms with Crippen molar-refractivity contribution in [1.82, 2.24) is 5.32 Å². The lowest BCUT2D eigenvalue weighted by molar-refractivity contribution is -0.0837. The molecule has 2 saturated heterocycles. The van der Waals surface area contributed by atoms with E-state index >= 15 is 0 Å². The Bertz CT molecular complexity index is 280. The molecule has 0 aromatic heterocycles. The molecule has 3 atom stereocenters. The first-order valence-corrected chi connectivity index (χ1v) is 10.5. The largest absolute Gasteiger partial charge is 0.374 e. The number of thioether (sulfide) groups is 2. The zero-order chi connectivity index (χ0) is 14.4. The van der Waals surface area contributed by atoms with Crippen LogP contribution in [0.15, 0.2) is 0 Å². The van der Waals surface area contributed by atoms with Crippen molar-refractivity contribution in [1.29, 1.82) is 0 Å². The molecule has 0 saturated carbocycles. The molecule has 0 bridgehead atoms. The van der Waals surface area contributed by atoms with Crippen LogP contribution in [0.4, 0.5) is 0 Å². The van der Waals surface area contributed by atoms with Crippen LogP contribution in [0.3, 0.4) is 0 Å². The number of rotatable bonds is 7. The van der Waals surface area contributed by atoms with Crippen molar-refractivity contribution < 1.29 is 4.74 Å². The molecule has 2 aliphatic rings. The van der Waals surface area contributed by atoms with Crippen molar-refractivity contribution in [2.45, 2.75) is 51.7 Å². The molecular formula is C16H31NOS2. The number of hydrogen-bond donors (Lipinski definition) is 1. The van der Waals surface area contributed by atoms with Gasteiger partial charge in [-0.15, -0.1) is 0 Å². The van der Waals surface area contributed by atoms with Gasteiger partial charge in [-0.1, -0.05) is 20.8 Å². The van der Waals surface area contributed by atoms with E-state index in [1.165, 1.54) is 42.3 Å². The van der Waals surface area contributed by atoms with Crippen LogP contribution in [0, 0.1) is 11.8 Å².